The van der Waals surface area contributed by atoms with E-state index in [4.69, 9.17) is 26.7 Å². The highest BCUT2D eigenvalue weighted by Crippen LogP contribution is 2.46. The summed E-state index contributed by atoms with van der Waals surface area (Å²) in [5.41, 5.74) is 6.09. The molecule has 1 aliphatic carbocycles. The van der Waals surface area contributed by atoms with Crippen molar-refractivity contribution < 1.29 is 14.3 Å². The average Bonchev–Trinajstić information content (AvgIpc) is 3.62. The number of benzene rings is 1. The molecule has 0 radical (unpaired) electrons. The maximum atomic E-state index is 12.4. The van der Waals surface area contributed by atoms with Gasteiger partial charge >= 0.3 is 0 Å². The van der Waals surface area contributed by atoms with Gasteiger partial charge in [0.2, 0.25) is 5.91 Å². The number of nitrogens with zero attached hydrogens (tertiary/aromatic N) is 3. The summed E-state index contributed by atoms with van der Waals surface area (Å²) in [5.74, 6) is 0.307. The monoisotopic (exact) mass is 533 g/mol. The summed E-state index contributed by atoms with van der Waals surface area (Å²) in [6, 6.07) is 14.3. The van der Waals surface area contributed by atoms with Crippen molar-refractivity contribution in [3.8, 4) is 5.75 Å². The van der Waals surface area contributed by atoms with Crippen LogP contribution in [-0.2, 0) is 9.53 Å². The molecule has 1 aromatic carbocycles. The van der Waals surface area contributed by atoms with Crippen molar-refractivity contribution in [1.82, 2.24) is 14.9 Å². The number of thiocarbonyl (C=S) groups is 1. The fraction of sp³-hybridized carbons (Fsp3) is 0.414. The zero-order chi connectivity index (χ0) is 26.8. The van der Waals surface area contributed by atoms with Crippen LogP contribution in [0.2, 0.25) is 0 Å². The molecule has 0 unspecified atom stereocenters. The molecule has 2 aliphatic rings. The third-order valence-corrected chi connectivity index (χ3v) is 7.96. The van der Waals surface area contributed by atoms with Crippen LogP contribution in [0.5, 0.6) is 5.75 Å². The number of amides is 1. The van der Waals surface area contributed by atoms with E-state index in [2.05, 4.69) is 40.0 Å². The topological polar surface area (TPSA) is 80.7 Å². The number of hydrogen-bond donors (Lipinski definition) is 2. The van der Waals surface area contributed by atoms with Crippen LogP contribution in [0.15, 0.2) is 48.7 Å². The molecule has 0 bridgehead atoms. The zero-order valence-corrected chi connectivity index (χ0v) is 23.2. The summed E-state index contributed by atoms with van der Waals surface area (Å²) in [5, 5.41) is 7.06. The molecule has 5 rings (SSSR count). The highest BCUT2D eigenvalue weighted by molar-refractivity contribution is 7.80. The van der Waals surface area contributed by atoms with Crippen molar-refractivity contribution in [2.75, 3.05) is 31.0 Å². The van der Waals surface area contributed by atoms with E-state index in [1.165, 1.54) is 49.7 Å². The molecule has 1 saturated heterocycles. The van der Waals surface area contributed by atoms with Crippen LogP contribution in [-0.4, -0.2) is 41.4 Å². The fourth-order valence-electron chi connectivity index (χ4n) is 6.04. The number of aryl methyl sites for hydroxylation is 1. The molecule has 2 N–H and O–H groups in total. The second kappa shape index (κ2) is 11.1. The number of nitrogens with one attached hydrogen (secondary N) is 2. The molecular weight excluding hydrogens is 498 g/mol. The minimum atomic E-state index is -0.256. The van der Waals surface area contributed by atoms with Crippen LogP contribution in [0.1, 0.15) is 66.5 Å². The molecule has 2 atom stereocenters. The summed E-state index contributed by atoms with van der Waals surface area (Å²) in [7, 11) is 3.08. The van der Waals surface area contributed by atoms with E-state index in [1.54, 1.807) is 7.11 Å². The summed E-state index contributed by atoms with van der Waals surface area (Å²) in [6.45, 7) is 4.38. The molecule has 8 nitrogen and oxygen atoms in total. The van der Waals surface area contributed by atoms with E-state index in [1.807, 2.05) is 42.6 Å². The van der Waals surface area contributed by atoms with E-state index < -0.39 is 0 Å². The van der Waals surface area contributed by atoms with Crippen LogP contribution in [0, 0.1) is 13.8 Å². The predicted molar refractivity (Wildman–Crippen MR) is 153 cm³/mol. The molecule has 1 saturated carbocycles. The van der Waals surface area contributed by atoms with E-state index in [0.717, 1.165) is 11.4 Å². The first-order chi connectivity index (χ1) is 18.4. The Morgan fingerprint density at radius 1 is 1.16 bits per heavy atom. The third kappa shape index (κ3) is 4.88. The first-order valence-corrected chi connectivity index (χ1v) is 13.5. The third-order valence-electron chi connectivity index (χ3n) is 7.64. The largest absolute Gasteiger partial charge is 0.495 e. The van der Waals surface area contributed by atoms with Crippen molar-refractivity contribution in [1.29, 1.82) is 0 Å². The Bertz CT molecular complexity index is 1320. The summed E-state index contributed by atoms with van der Waals surface area (Å²) < 4.78 is 13.0. The van der Waals surface area contributed by atoms with Crippen molar-refractivity contribution >= 4 is 34.6 Å². The van der Waals surface area contributed by atoms with Crippen molar-refractivity contribution in [2.45, 2.75) is 57.7 Å². The maximum absolute atomic E-state index is 12.4. The van der Waals surface area contributed by atoms with Gasteiger partial charge in [0, 0.05) is 36.4 Å². The zero-order valence-electron chi connectivity index (χ0n) is 22.4. The quantitative estimate of drug-likeness (QED) is 0.376. The van der Waals surface area contributed by atoms with Gasteiger partial charge in [-0.25, -0.2) is 0 Å². The first kappa shape index (κ1) is 26.2. The normalized spacial score (nSPS) is 19.6. The lowest BCUT2D eigenvalue weighted by molar-refractivity contribution is -0.119. The smallest absolute Gasteiger partial charge is 0.250 e. The van der Waals surface area contributed by atoms with Gasteiger partial charge < -0.3 is 29.6 Å². The SMILES string of the molecule is COCC(=O)Nc1cc(N2C(=S)N[C@@H](c3ccccn3)[C@H]2c2cc(C)n(C3CCCC3)c2C)ccc1OC. The van der Waals surface area contributed by atoms with Crippen molar-refractivity contribution in [2.24, 2.45) is 0 Å². The fourth-order valence-corrected chi connectivity index (χ4v) is 6.38. The van der Waals surface area contributed by atoms with Crippen LogP contribution >= 0.6 is 12.2 Å². The number of ether oxygens (including phenoxy) is 2. The van der Waals surface area contributed by atoms with Crippen molar-refractivity contribution in [3.63, 3.8) is 0 Å². The Balaban J connectivity index is 1.61. The van der Waals surface area contributed by atoms with Crippen molar-refractivity contribution in [3.05, 3.63) is 71.3 Å². The van der Waals surface area contributed by atoms with Gasteiger partial charge in [-0.3, -0.25) is 9.78 Å². The number of pyridine rings is 1. The van der Waals surface area contributed by atoms with E-state index in [-0.39, 0.29) is 24.6 Å². The number of carbonyl (C=O) groups is 1. The molecule has 1 aliphatic heterocycles. The molecule has 0 spiro atoms. The van der Waals surface area contributed by atoms with Gasteiger partial charge in [-0.15, -0.1) is 0 Å². The van der Waals surface area contributed by atoms with E-state index in [0.29, 0.717) is 22.6 Å². The Hall–Kier alpha value is -3.43. The lowest BCUT2D eigenvalue weighted by Crippen LogP contribution is -2.30. The second-order valence-electron chi connectivity index (χ2n) is 10.00. The molecule has 38 heavy (non-hydrogen) atoms. The van der Waals surface area contributed by atoms with Crippen LogP contribution in [0.25, 0.3) is 0 Å². The summed E-state index contributed by atoms with van der Waals surface area (Å²) in [4.78, 5) is 19.2. The molecule has 3 heterocycles. The van der Waals surface area contributed by atoms with Crippen LogP contribution in [0.3, 0.4) is 0 Å². The Labute approximate surface area is 229 Å². The summed E-state index contributed by atoms with van der Waals surface area (Å²) in [6.07, 6.45) is 6.80. The Kier molecular flexibility index (Phi) is 7.67. The number of carbonyl (C=O) groups excluding carboxylic acids is 1. The molecular formula is C29H35N5O3S. The van der Waals surface area contributed by atoms with Gasteiger partial charge in [-0.2, -0.15) is 0 Å². The average molecular weight is 534 g/mol. The summed E-state index contributed by atoms with van der Waals surface area (Å²) >= 11 is 5.94. The molecule has 9 heteroatoms. The molecule has 2 fully saturated rings. The van der Waals surface area contributed by atoms with Gasteiger partial charge in [0.25, 0.3) is 0 Å². The van der Waals surface area contributed by atoms with Gasteiger partial charge in [0.1, 0.15) is 12.4 Å². The highest BCUT2D eigenvalue weighted by atomic mass is 32.1. The second-order valence-corrected chi connectivity index (χ2v) is 10.4. The lowest BCUT2D eigenvalue weighted by Gasteiger charge is -2.29. The Morgan fingerprint density at radius 3 is 2.63 bits per heavy atom. The molecule has 2 aromatic heterocycles. The van der Waals surface area contributed by atoms with E-state index >= 15 is 0 Å². The number of anilines is 2. The van der Waals surface area contributed by atoms with Gasteiger partial charge in [0.15, 0.2) is 5.11 Å². The molecule has 1 amide bonds. The van der Waals surface area contributed by atoms with Crippen LogP contribution in [0.4, 0.5) is 11.4 Å². The predicted octanol–water partition coefficient (Wildman–Crippen LogP) is 5.39. The first-order valence-electron chi connectivity index (χ1n) is 13.1. The number of hydrogen-bond acceptors (Lipinski definition) is 5. The van der Waals surface area contributed by atoms with E-state index in [9.17, 15) is 4.79 Å². The maximum Gasteiger partial charge on any atom is 0.250 e. The van der Waals surface area contributed by atoms with Gasteiger partial charge in [-0.1, -0.05) is 18.9 Å². The molecule has 200 valence electrons. The Morgan fingerprint density at radius 2 is 1.95 bits per heavy atom. The van der Waals surface area contributed by atoms with Gasteiger partial charge in [0.05, 0.1) is 30.6 Å². The number of aromatic nitrogens is 2. The molecule has 3 aromatic rings. The van der Waals surface area contributed by atoms with Crippen LogP contribution < -0.4 is 20.3 Å². The highest BCUT2D eigenvalue weighted by Gasteiger charge is 2.42. The van der Waals surface area contributed by atoms with Gasteiger partial charge in [-0.05, 0) is 80.9 Å². The number of rotatable bonds is 8. The number of methoxy groups -OCH3 is 2. The lowest BCUT2D eigenvalue weighted by atomic mass is 9.96. The minimum absolute atomic E-state index is 0.0470. The standard InChI is InChI=1S/C29H35N5O3S/c1-18-15-22(19(2)33(18)20-9-5-6-10-20)28-27(23-11-7-8-14-30-23)32-29(38)34(28)21-12-13-25(37-4)24(16-21)31-26(35)17-36-3/h7-8,11-16,20,27-28H,5-6,9-10,17H2,1-4H3,(H,31,35)(H,32,38)/t27-,28+/m0/s1. The minimum Gasteiger partial charge on any atom is -0.495 e.